The average molecular weight is 646 g/mol. The van der Waals surface area contributed by atoms with Gasteiger partial charge in [0, 0.05) is 16.5 Å². The Labute approximate surface area is 265 Å². The van der Waals surface area contributed by atoms with Crippen LogP contribution in [0.25, 0.3) is 0 Å². The lowest BCUT2D eigenvalue weighted by atomic mass is 9.83. The summed E-state index contributed by atoms with van der Waals surface area (Å²) in [4.78, 5) is 67.9. The van der Waals surface area contributed by atoms with Crippen LogP contribution in [-0.4, -0.2) is 52.3 Å². The first-order chi connectivity index (χ1) is 21.7. The zero-order valence-corrected chi connectivity index (χ0v) is 25.7. The summed E-state index contributed by atoms with van der Waals surface area (Å²) in [7, 11) is 1.54. The van der Waals surface area contributed by atoms with Crippen molar-refractivity contribution in [2.45, 2.75) is 29.7 Å². The van der Waals surface area contributed by atoms with Crippen molar-refractivity contribution < 1.29 is 33.8 Å². The van der Waals surface area contributed by atoms with Gasteiger partial charge in [-0.2, -0.15) is 0 Å². The maximum Gasteiger partial charge on any atom is 0.338 e. The standard InChI is InChI=1S/C32H27N3O8S2/c1-3-43-31(40)18-4-10-20(11-5-18)35-28(38)25-24(17-6-14-22(42-2)15-7-17)27-30(44-26(25)29(35)39)34(32(41)45-27)16-23(37)33-19-8-12-21(36)13-9-19/h4-15,24-26,36H,3,16H2,1-2H3,(H,33,37)/t24-,25-,26+/m0/s1. The Morgan fingerprint density at radius 3 is 2.27 bits per heavy atom. The number of amides is 3. The van der Waals surface area contributed by atoms with Crippen molar-refractivity contribution in [1.29, 1.82) is 0 Å². The second-order valence-corrected chi connectivity index (χ2v) is 12.4. The Morgan fingerprint density at radius 2 is 1.62 bits per heavy atom. The number of benzene rings is 3. The van der Waals surface area contributed by atoms with Gasteiger partial charge < -0.3 is 19.9 Å². The predicted molar refractivity (Wildman–Crippen MR) is 168 cm³/mol. The first-order valence-electron chi connectivity index (χ1n) is 14.0. The van der Waals surface area contributed by atoms with Gasteiger partial charge in [-0.25, -0.2) is 9.69 Å². The summed E-state index contributed by atoms with van der Waals surface area (Å²) >= 11 is 2.05. The van der Waals surface area contributed by atoms with Crippen LogP contribution in [-0.2, 0) is 25.7 Å². The number of esters is 1. The van der Waals surface area contributed by atoms with E-state index < -0.39 is 45.6 Å². The van der Waals surface area contributed by atoms with Crippen molar-refractivity contribution >= 4 is 58.2 Å². The maximum absolute atomic E-state index is 14.1. The summed E-state index contributed by atoms with van der Waals surface area (Å²) in [6, 6.07) is 19.1. The molecule has 2 aliphatic heterocycles. The summed E-state index contributed by atoms with van der Waals surface area (Å²) in [6.07, 6.45) is 0. The van der Waals surface area contributed by atoms with Crippen molar-refractivity contribution in [2.24, 2.45) is 5.92 Å². The average Bonchev–Trinajstić information content (AvgIpc) is 3.48. The Bertz CT molecular complexity index is 1850. The molecule has 6 rings (SSSR count). The van der Waals surface area contributed by atoms with Gasteiger partial charge in [-0.1, -0.05) is 35.2 Å². The molecule has 0 radical (unpaired) electrons. The van der Waals surface area contributed by atoms with E-state index in [2.05, 4.69) is 5.32 Å². The molecule has 13 heteroatoms. The van der Waals surface area contributed by atoms with E-state index in [1.54, 1.807) is 38.3 Å². The summed E-state index contributed by atoms with van der Waals surface area (Å²) in [6.45, 7) is 1.60. The molecule has 1 saturated heterocycles. The number of imide groups is 1. The number of hydrogen-bond acceptors (Lipinski definition) is 10. The van der Waals surface area contributed by atoms with E-state index in [0.717, 1.165) is 33.6 Å². The Morgan fingerprint density at radius 1 is 0.933 bits per heavy atom. The molecule has 45 heavy (non-hydrogen) atoms. The molecule has 3 atom stereocenters. The number of nitrogens with one attached hydrogen (secondary N) is 1. The zero-order chi connectivity index (χ0) is 31.8. The normalized spacial score (nSPS) is 18.7. The molecule has 3 aromatic carbocycles. The number of thioether (sulfide) groups is 1. The highest BCUT2D eigenvalue weighted by Gasteiger charge is 2.56. The summed E-state index contributed by atoms with van der Waals surface area (Å²) in [5, 5.41) is 11.8. The lowest BCUT2D eigenvalue weighted by molar-refractivity contribution is -0.122. The summed E-state index contributed by atoms with van der Waals surface area (Å²) < 4.78 is 11.7. The molecule has 230 valence electrons. The van der Waals surface area contributed by atoms with Crippen LogP contribution in [0.2, 0.25) is 0 Å². The largest absolute Gasteiger partial charge is 0.508 e. The van der Waals surface area contributed by atoms with E-state index in [4.69, 9.17) is 9.47 Å². The van der Waals surface area contributed by atoms with Crippen molar-refractivity contribution in [2.75, 3.05) is 23.9 Å². The zero-order valence-electron chi connectivity index (χ0n) is 24.1. The number of phenolic OH excluding ortho intramolecular Hbond substituents is 1. The SMILES string of the molecule is CCOC(=O)c1ccc(N2C(=O)[C@H]3[C@H](c4ccc(OC)cc4)c4sc(=O)n(CC(=O)Nc5ccc(O)cc5)c4S[C@H]3C2=O)cc1. The quantitative estimate of drug-likeness (QED) is 0.163. The number of anilines is 2. The molecule has 0 bridgehead atoms. The number of aromatic nitrogens is 1. The number of rotatable bonds is 8. The van der Waals surface area contributed by atoms with Crippen molar-refractivity contribution in [3.63, 3.8) is 0 Å². The van der Waals surface area contributed by atoms with Gasteiger partial charge in [0.2, 0.25) is 17.7 Å². The van der Waals surface area contributed by atoms with Crippen LogP contribution < -0.4 is 19.8 Å². The Balaban J connectivity index is 1.37. The smallest absolute Gasteiger partial charge is 0.338 e. The monoisotopic (exact) mass is 645 g/mol. The second kappa shape index (κ2) is 12.3. The molecule has 1 fully saturated rings. The van der Waals surface area contributed by atoms with Crippen LogP contribution >= 0.6 is 23.1 Å². The number of hydrogen-bond donors (Lipinski definition) is 2. The van der Waals surface area contributed by atoms with E-state index >= 15 is 0 Å². The number of carbonyl (C=O) groups is 4. The Hall–Kier alpha value is -4.88. The topological polar surface area (TPSA) is 144 Å². The first-order valence-corrected chi connectivity index (χ1v) is 15.7. The number of phenols is 1. The molecule has 3 heterocycles. The number of thiazole rings is 1. The van der Waals surface area contributed by atoms with Crippen LogP contribution in [0.4, 0.5) is 11.4 Å². The molecular weight excluding hydrogens is 618 g/mol. The van der Waals surface area contributed by atoms with Crippen LogP contribution in [0.5, 0.6) is 11.5 Å². The van der Waals surface area contributed by atoms with Crippen molar-refractivity contribution in [3.8, 4) is 11.5 Å². The number of fused-ring (bicyclic) bond motifs is 2. The lowest BCUT2D eigenvalue weighted by Gasteiger charge is -2.30. The third-order valence-corrected chi connectivity index (χ3v) is 10.2. The molecular formula is C32H27N3O8S2. The van der Waals surface area contributed by atoms with Crippen LogP contribution in [0.1, 0.15) is 33.6 Å². The fourth-order valence-corrected chi connectivity index (χ4v) is 8.30. The highest BCUT2D eigenvalue weighted by Crippen LogP contribution is 2.54. The molecule has 3 amide bonds. The second-order valence-electron chi connectivity index (χ2n) is 10.3. The molecule has 2 aliphatic rings. The van der Waals surface area contributed by atoms with Crippen LogP contribution in [0.15, 0.2) is 82.6 Å². The van der Waals surface area contributed by atoms with Gasteiger partial charge in [0.25, 0.3) is 0 Å². The van der Waals surface area contributed by atoms with Crippen LogP contribution in [0.3, 0.4) is 0 Å². The molecule has 0 saturated carbocycles. The van der Waals surface area contributed by atoms with Gasteiger partial charge in [-0.3, -0.25) is 23.7 Å². The molecule has 0 spiro atoms. The van der Waals surface area contributed by atoms with E-state index in [9.17, 15) is 29.1 Å². The fourth-order valence-electron chi connectivity index (χ4n) is 5.53. The maximum atomic E-state index is 14.1. The highest BCUT2D eigenvalue weighted by molar-refractivity contribution is 8.00. The molecule has 11 nitrogen and oxygen atoms in total. The third-order valence-electron chi connectivity index (χ3n) is 7.61. The van der Waals surface area contributed by atoms with Gasteiger partial charge in [-0.15, -0.1) is 0 Å². The number of methoxy groups -OCH3 is 1. The minimum Gasteiger partial charge on any atom is -0.508 e. The fraction of sp³-hybridized carbons (Fsp3) is 0.219. The number of carbonyl (C=O) groups excluding carboxylic acids is 4. The van der Waals surface area contributed by atoms with E-state index in [-0.39, 0.29) is 18.9 Å². The van der Waals surface area contributed by atoms with E-state index in [1.807, 2.05) is 0 Å². The van der Waals surface area contributed by atoms with Gasteiger partial charge in [0.15, 0.2) is 0 Å². The lowest BCUT2D eigenvalue weighted by Crippen LogP contribution is -2.33. The molecule has 2 N–H and O–H groups in total. The van der Waals surface area contributed by atoms with E-state index in [0.29, 0.717) is 32.6 Å². The van der Waals surface area contributed by atoms with Gasteiger partial charge in [0.1, 0.15) is 23.3 Å². The van der Waals surface area contributed by atoms with Gasteiger partial charge in [0.05, 0.1) is 35.9 Å². The van der Waals surface area contributed by atoms with Crippen molar-refractivity contribution in [3.05, 3.63) is 98.5 Å². The third kappa shape index (κ3) is 5.60. The first kappa shape index (κ1) is 30.2. The summed E-state index contributed by atoms with van der Waals surface area (Å²) in [5.74, 6) is -2.68. The minimum atomic E-state index is -0.873. The van der Waals surface area contributed by atoms with Gasteiger partial charge in [-0.05, 0) is 73.2 Å². The van der Waals surface area contributed by atoms with Crippen LogP contribution in [0, 0.1) is 5.92 Å². The highest BCUT2D eigenvalue weighted by atomic mass is 32.2. The Kier molecular flexibility index (Phi) is 8.21. The van der Waals surface area contributed by atoms with Crippen molar-refractivity contribution in [1.82, 2.24) is 4.57 Å². The molecule has 4 aromatic rings. The summed E-state index contributed by atoms with van der Waals surface area (Å²) in [5.41, 5.74) is 1.77. The van der Waals surface area contributed by atoms with Gasteiger partial charge >= 0.3 is 10.8 Å². The number of nitrogens with zero attached hydrogens (tertiary/aromatic N) is 2. The number of aromatic hydroxyl groups is 1. The minimum absolute atomic E-state index is 0.0476. The molecule has 0 aliphatic carbocycles. The predicted octanol–water partition coefficient (Wildman–Crippen LogP) is 4.24. The molecule has 0 unspecified atom stereocenters. The number of ether oxygens (including phenoxy) is 2. The van der Waals surface area contributed by atoms with E-state index in [1.165, 1.54) is 53.1 Å². The molecule has 1 aromatic heterocycles.